The van der Waals surface area contributed by atoms with Gasteiger partial charge in [-0.1, -0.05) is 20.8 Å². The Hall–Kier alpha value is -3.53. The Morgan fingerprint density at radius 1 is 1.14 bits per heavy atom. The molecule has 2 aliphatic heterocycles. The molecular weight excluding hydrogens is 669 g/mol. The lowest BCUT2D eigenvalue weighted by Crippen LogP contribution is -2.61. The van der Waals surface area contributed by atoms with Gasteiger partial charge in [0, 0.05) is 38.3 Å². The molecule has 0 spiro atoms. The monoisotopic (exact) mass is 723 g/mol. The molecule has 51 heavy (non-hydrogen) atoms. The number of nitrogens with zero attached hydrogens (tertiary/aromatic N) is 3. The number of cyclic esters (lactones) is 1. The summed E-state index contributed by atoms with van der Waals surface area (Å²) in [6.45, 7) is 13.2. The number of imidazole rings is 1. The normalized spacial score (nSPS) is 37.3. The highest BCUT2D eigenvalue weighted by atomic mass is 19.1. The number of aromatic nitrogens is 2. The van der Waals surface area contributed by atoms with E-state index in [-0.39, 0.29) is 36.3 Å². The Bertz CT molecular complexity index is 1460. The Kier molecular flexibility index (Phi) is 13.5. The van der Waals surface area contributed by atoms with Crippen molar-refractivity contribution < 1.29 is 56.8 Å². The van der Waals surface area contributed by atoms with E-state index < -0.39 is 77.1 Å². The van der Waals surface area contributed by atoms with Gasteiger partial charge in [0.2, 0.25) is 0 Å². The van der Waals surface area contributed by atoms with Crippen molar-refractivity contribution in [1.82, 2.24) is 14.5 Å². The zero-order chi connectivity index (χ0) is 38.6. The molecule has 14 nitrogen and oxygen atoms in total. The van der Waals surface area contributed by atoms with Crippen molar-refractivity contribution >= 4 is 29.6 Å². The highest BCUT2D eigenvalue weighted by molar-refractivity contribution is 6.08. The first-order chi connectivity index (χ1) is 23.6. The summed E-state index contributed by atoms with van der Waals surface area (Å²) in [7, 11) is 5.01. The highest BCUT2D eigenvalue weighted by Crippen LogP contribution is 2.39. The summed E-state index contributed by atoms with van der Waals surface area (Å²) < 4.78 is 53.6. The molecule has 15 heteroatoms. The van der Waals surface area contributed by atoms with Crippen molar-refractivity contribution in [3.8, 4) is 0 Å². The molecule has 286 valence electrons. The van der Waals surface area contributed by atoms with E-state index in [9.17, 15) is 24.0 Å². The van der Waals surface area contributed by atoms with Crippen LogP contribution in [-0.4, -0.2) is 119 Å². The largest absolute Gasteiger partial charge is 0.455 e. The smallest absolute Gasteiger partial charge is 0.420 e. The Morgan fingerprint density at radius 2 is 1.78 bits per heavy atom. The lowest BCUT2D eigenvalue weighted by Gasteiger charge is -2.47. The quantitative estimate of drug-likeness (QED) is 0.224. The Labute approximate surface area is 299 Å². The fraction of sp³-hybridized carbons (Fsp3) is 0.722. The summed E-state index contributed by atoms with van der Waals surface area (Å²) in [5, 5.41) is 0. The SMILES string of the molecule is CC[C@H]1OC(=O)[C@@](C)(F)C(=O)[C@H](C)[C@@H](O[C@@H]2O[C@H](C)C[C@H](N(C)C)[C@H]2OC(C)=O)[C@](C)(OC)C[C@@H](C)C(=O)C(C)=C[C@]1(C)OC(=O)n1ccnc1. The molecule has 3 heterocycles. The number of allylic oxidation sites excluding steroid dienone is 1. The molecule has 0 saturated carbocycles. The number of ketones is 2. The van der Waals surface area contributed by atoms with E-state index >= 15 is 4.39 Å². The maximum atomic E-state index is 16.7. The zero-order valence-electron chi connectivity index (χ0n) is 31.8. The van der Waals surface area contributed by atoms with Crippen LogP contribution < -0.4 is 0 Å². The maximum absolute atomic E-state index is 16.7. The van der Waals surface area contributed by atoms with Crippen molar-refractivity contribution in [3.63, 3.8) is 0 Å². The second kappa shape index (κ2) is 16.4. The number of carbonyl (C=O) groups excluding carboxylic acids is 5. The van der Waals surface area contributed by atoms with Crippen molar-refractivity contribution in [1.29, 1.82) is 0 Å². The molecule has 0 aromatic carbocycles. The van der Waals surface area contributed by atoms with Crippen LogP contribution in [0.3, 0.4) is 0 Å². The summed E-state index contributed by atoms with van der Waals surface area (Å²) in [6.07, 6.45) is -0.343. The first-order valence-electron chi connectivity index (χ1n) is 17.2. The van der Waals surface area contributed by atoms with Crippen LogP contribution in [0.15, 0.2) is 30.4 Å². The molecule has 0 N–H and O–H groups in total. The number of esters is 2. The number of ether oxygens (including phenoxy) is 6. The van der Waals surface area contributed by atoms with E-state index in [0.29, 0.717) is 6.42 Å². The van der Waals surface area contributed by atoms with Crippen molar-refractivity contribution in [3.05, 3.63) is 30.4 Å². The van der Waals surface area contributed by atoms with Gasteiger partial charge in [0.05, 0.1) is 23.9 Å². The van der Waals surface area contributed by atoms with Crippen LogP contribution in [0, 0.1) is 11.8 Å². The number of methoxy groups -OCH3 is 1. The molecule has 0 bridgehead atoms. The number of Topliss-reactive ketones (excluding diaryl/α,β-unsaturated/α-hetero) is 2. The average molecular weight is 724 g/mol. The number of hydrogen-bond acceptors (Lipinski definition) is 13. The van der Waals surface area contributed by atoms with Gasteiger partial charge in [-0.05, 0) is 79.6 Å². The summed E-state index contributed by atoms with van der Waals surface area (Å²) >= 11 is 0. The first-order valence-corrected chi connectivity index (χ1v) is 17.2. The number of halogens is 1. The number of hydrogen-bond donors (Lipinski definition) is 0. The van der Waals surface area contributed by atoms with E-state index in [1.54, 1.807) is 20.8 Å². The first kappa shape index (κ1) is 41.9. The van der Waals surface area contributed by atoms with Crippen LogP contribution in [0.2, 0.25) is 0 Å². The van der Waals surface area contributed by atoms with Gasteiger partial charge < -0.3 is 33.3 Å². The second-order valence-electron chi connectivity index (χ2n) is 14.5. The fourth-order valence-corrected chi connectivity index (χ4v) is 7.11. The third-order valence-electron chi connectivity index (χ3n) is 9.95. The van der Waals surface area contributed by atoms with E-state index in [1.807, 2.05) is 25.9 Å². The number of likely N-dealkylation sites (N-methyl/N-ethyl adjacent to an activating group) is 1. The Morgan fingerprint density at radius 3 is 2.31 bits per heavy atom. The third kappa shape index (κ3) is 9.29. The van der Waals surface area contributed by atoms with Crippen LogP contribution in [0.25, 0.3) is 0 Å². The van der Waals surface area contributed by atoms with Crippen LogP contribution >= 0.6 is 0 Å². The average Bonchev–Trinajstić information content (AvgIpc) is 3.60. The number of alkyl halides is 1. The van der Waals surface area contributed by atoms with E-state index in [0.717, 1.165) is 11.5 Å². The molecule has 1 fully saturated rings. The molecule has 0 aliphatic carbocycles. The molecule has 1 aromatic rings. The van der Waals surface area contributed by atoms with Gasteiger partial charge in [-0.3, -0.25) is 14.4 Å². The van der Waals surface area contributed by atoms with E-state index in [4.69, 9.17) is 28.4 Å². The van der Waals surface area contributed by atoms with Crippen LogP contribution in [0.5, 0.6) is 0 Å². The van der Waals surface area contributed by atoms with Gasteiger partial charge in [-0.25, -0.2) is 23.5 Å². The molecule has 0 radical (unpaired) electrons. The van der Waals surface area contributed by atoms with Gasteiger partial charge in [-0.15, -0.1) is 0 Å². The minimum Gasteiger partial charge on any atom is -0.455 e. The molecule has 11 atom stereocenters. The zero-order valence-corrected chi connectivity index (χ0v) is 31.8. The van der Waals surface area contributed by atoms with Gasteiger partial charge in [0.15, 0.2) is 29.6 Å². The molecule has 2 aliphatic rings. The highest BCUT2D eigenvalue weighted by Gasteiger charge is 2.55. The van der Waals surface area contributed by atoms with Gasteiger partial charge in [0.1, 0.15) is 12.4 Å². The summed E-state index contributed by atoms with van der Waals surface area (Å²) in [4.78, 5) is 72.9. The van der Waals surface area contributed by atoms with E-state index in [1.165, 1.54) is 59.6 Å². The van der Waals surface area contributed by atoms with Gasteiger partial charge >= 0.3 is 18.0 Å². The summed E-state index contributed by atoms with van der Waals surface area (Å²) in [5.74, 6) is -5.83. The predicted octanol–water partition coefficient (Wildman–Crippen LogP) is 4.22. The minimum absolute atomic E-state index is 0.0159. The molecule has 3 rings (SSSR count). The third-order valence-corrected chi connectivity index (χ3v) is 9.95. The lowest BCUT2D eigenvalue weighted by atomic mass is 9.76. The van der Waals surface area contributed by atoms with Crippen LogP contribution in [0.1, 0.15) is 81.6 Å². The lowest BCUT2D eigenvalue weighted by molar-refractivity contribution is -0.298. The summed E-state index contributed by atoms with van der Waals surface area (Å²) in [6, 6.07) is -0.348. The Balaban J connectivity index is 2.18. The number of carbonyl (C=O) groups is 5. The molecule has 1 aromatic heterocycles. The van der Waals surface area contributed by atoms with Gasteiger partial charge in [-0.2, -0.15) is 0 Å². The fourth-order valence-electron chi connectivity index (χ4n) is 7.11. The standard InChI is InChI=1S/C36H54FN3O11/c1-13-26-34(7,51-33(45)40-15-14-38-19-40)17-20(2)27(42)21(3)18-35(8,46-12)30(23(5)29(43)36(9,37)32(44)49-26)50-31-28(48-24(6)41)25(39(10)11)16-22(4)47-31/h14-15,17,19,21-23,25-26,28,30-31H,13,16,18H2,1-12H3/t21-,22-,23+,25+,26-,28-,30-,31+,34+,35-,36+/m1/s1. The van der Waals surface area contributed by atoms with Crippen molar-refractivity contribution in [2.45, 2.75) is 135 Å². The van der Waals surface area contributed by atoms with Crippen LogP contribution in [-0.2, 0) is 47.6 Å². The topological polar surface area (TPSA) is 162 Å². The predicted molar refractivity (Wildman–Crippen MR) is 181 cm³/mol. The van der Waals surface area contributed by atoms with E-state index in [2.05, 4.69) is 4.98 Å². The van der Waals surface area contributed by atoms with Crippen LogP contribution in [0.4, 0.5) is 9.18 Å². The number of rotatable bonds is 7. The van der Waals surface area contributed by atoms with Crippen molar-refractivity contribution in [2.24, 2.45) is 11.8 Å². The molecule has 0 amide bonds. The molecular formula is C36H54FN3O11. The molecule has 1 saturated heterocycles. The van der Waals surface area contributed by atoms with Crippen molar-refractivity contribution in [2.75, 3.05) is 21.2 Å². The maximum Gasteiger partial charge on any atom is 0.420 e. The second-order valence-corrected chi connectivity index (χ2v) is 14.5. The summed E-state index contributed by atoms with van der Waals surface area (Å²) in [5.41, 5.74) is -6.30. The molecule has 0 unspecified atom stereocenters. The minimum atomic E-state index is -3.22. The van der Waals surface area contributed by atoms with Gasteiger partial charge in [0.25, 0.3) is 5.67 Å².